The maximum atomic E-state index is 13.2. The fourth-order valence-electron chi connectivity index (χ4n) is 1.10. The van der Waals surface area contributed by atoms with Crippen molar-refractivity contribution >= 4 is 11.3 Å². The van der Waals surface area contributed by atoms with Crippen molar-refractivity contribution in [3.05, 3.63) is 40.7 Å². The Hall–Kier alpha value is -1.50. The highest BCUT2D eigenvalue weighted by Gasteiger charge is 2.27. The van der Waals surface area contributed by atoms with Gasteiger partial charge in [0, 0.05) is 5.38 Å². The van der Waals surface area contributed by atoms with Crippen molar-refractivity contribution in [1.82, 2.24) is 4.98 Å². The van der Waals surface area contributed by atoms with Crippen LogP contribution in [-0.2, 0) is 0 Å². The molecule has 16 heavy (non-hydrogen) atoms. The van der Waals surface area contributed by atoms with Gasteiger partial charge in [0.25, 0.3) is 0 Å². The highest BCUT2D eigenvalue weighted by molar-refractivity contribution is 7.13. The van der Waals surface area contributed by atoms with Gasteiger partial charge < -0.3 is 0 Å². The van der Waals surface area contributed by atoms with E-state index in [4.69, 9.17) is 0 Å². The third-order valence-corrected chi connectivity index (χ3v) is 2.55. The zero-order valence-corrected chi connectivity index (χ0v) is 8.14. The van der Waals surface area contributed by atoms with Crippen molar-refractivity contribution in [3.8, 4) is 10.6 Å². The lowest BCUT2D eigenvalue weighted by Gasteiger charge is -2.04. The van der Waals surface area contributed by atoms with Crippen LogP contribution >= 0.6 is 11.3 Å². The summed E-state index contributed by atoms with van der Waals surface area (Å²) in [6, 6.07) is 0. The number of benzene rings is 1. The third kappa shape index (κ3) is 1.47. The molecule has 1 nitrogen and oxygen atoms in total. The van der Waals surface area contributed by atoms with Crippen molar-refractivity contribution in [2.45, 2.75) is 0 Å². The van der Waals surface area contributed by atoms with Gasteiger partial charge in [0.2, 0.25) is 5.82 Å². The molecule has 1 aromatic carbocycles. The van der Waals surface area contributed by atoms with Crippen LogP contribution in [0.5, 0.6) is 0 Å². The van der Waals surface area contributed by atoms with Crippen LogP contribution in [0.2, 0.25) is 0 Å². The van der Waals surface area contributed by atoms with E-state index in [2.05, 4.69) is 11.2 Å². The Labute approximate surface area is 90.2 Å². The van der Waals surface area contributed by atoms with E-state index in [1.807, 2.05) is 0 Å². The number of halogens is 5. The minimum atomic E-state index is -2.18. The number of nitrogens with zero attached hydrogens (tertiary/aromatic N) is 1. The summed E-state index contributed by atoms with van der Waals surface area (Å²) < 4.78 is 64.7. The summed E-state index contributed by atoms with van der Waals surface area (Å²) in [4.78, 5) is 3.38. The second-order valence-electron chi connectivity index (χ2n) is 2.73. The van der Waals surface area contributed by atoms with Crippen molar-refractivity contribution in [3.63, 3.8) is 0 Å². The van der Waals surface area contributed by atoms with Crippen LogP contribution in [0.4, 0.5) is 22.0 Å². The Morgan fingerprint density at radius 2 is 1.38 bits per heavy atom. The van der Waals surface area contributed by atoms with E-state index >= 15 is 0 Å². The van der Waals surface area contributed by atoms with Gasteiger partial charge in [0.15, 0.2) is 23.3 Å². The Bertz CT molecular complexity index is 508. The minimum Gasteiger partial charge on any atom is -0.234 e. The van der Waals surface area contributed by atoms with Crippen LogP contribution < -0.4 is 0 Å². The smallest absolute Gasteiger partial charge is 0.200 e. The minimum absolute atomic E-state index is 0.312. The predicted octanol–water partition coefficient (Wildman–Crippen LogP) is 3.31. The molecule has 1 radical (unpaired) electrons. The van der Waals surface area contributed by atoms with Gasteiger partial charge in [0.05, 0.1) is 5.56 Å². The molecule has 0 aliphatic carbocycles. The van der Waals surface area contributed by atoms with Crippen LogP contribution in [0, 0.1) is 35.3 Å². The molecule has 1 heterocycles. The molecule has 0 unspecified atom stereocenters. The molecular formula is C9HF5NS. The molecule has 2 aromatic rings. The molecule has 0 saturated heterocycles. The Balaban J connectivity index is 2.81. The number of thiazole rings is 1. The zero-order valence-electron chi connectivity index (χ0n) is 7.32. The summed E-state index contributed by atoms with van der Waals surface area (Å²) in [7, 11) is 0. The summed E-state index contributed by atoms with van der Waals surface area (Å²) in [6.45, 7) is 0. The molecule has 1 aromatic heterocycles. The van der Waals surface area contributed by atoms with Crippen molar-refractivity contribution in [1.29, 1.82) is 0 Å². The quantitative estimate of drug-likeness (QED) is 0.430. The summed E-state index contributed by atoms with van der Waals surface area (Å²) in [5.74, 6) is -9.92. The van der Waals surface area contributed by atoms with Gasteiger partial charge in [-0.25, -0.2) is 26.9 Å². The van der Waals surface area contributed by atoms with E-state index in [0.29, 0.717) is 0 Å². The standard InChI is InChI=1S/C9HF5NS/c10-4-3(9-15-1-2-16-9)5(11)7(13)8(14)6(4)12/h2H. The molecule has 0 amide bonds. The van der Waals surface area contributed by atoms with E-state index in [-0.39, 0.29) is 5.01 Å². The van der Waals surface area contributed by atoms with Gasteiger partial charge in [0.1, 0.15) is 11.2 Å². The second kappa shape index (κ2) is 3.82. The summed E-state index contributed by atoms with van der Waals surface area (Å²) >= 11 is 0.725. The Morgan fingerprint density at radius 3 is 1.81 bits per heavy atom. The maximum absolute atomic E-state index is 13.2. The first kappa shape index (κ1) is 11.0. The topological polar surface area (TPSA) is 12.9 Å². The Kier molecular flexibility index (Phi) is 2.63. The first-order valence-corrected chi connectivity index (χ1v) is 4.75. The average Bonchev–Trinajstić information content (AvgIpc) is 2.77. The van der Waals surface area contributed by atoms with Gasteiger partial charge in [-0.15, -0.1) is 11.3 Å². The number of aromatic nitrogens is 1. The maximum Gasteiger partial charge on any atom is 0.200 e. The molecule has 83 valence electrons. The van der Waals surface area contributed by atoms with E-state index in [1.54, 1.807) is 0 Å². The van der Waals surface area contributed by atoms with Crippen LogP contribution in [0.3, 0.4) is 0 Å². The van der Waals surface area contributed by atoms with Crippen LogP contribution in [0.15, 0.2) is 5.38 Å². The van der Waals surface area contributed by atoms with Crippen LogP contribution in [0.25, 0.3) is 10.6 Å². The van der Waals surface area contributed by atoms with Crippen molar-refractivity contribution in [2.75, 3.05) is 0 Å². The molecule has 0 fully saturated rings. The largest absolute Gasteiger partial charge is 0.234 e. The first-order chi connectivity index (χ1) is 7.54. The lowest BCUT2D eigenvalue weighted by molar-refractivity contribution is 0.381. The fraction of sp³-hybridized carbons (Fsp3) is 0. The third-order valence-electron chi connectivity index (χ3n) is 1.81. The molecule has 2 rings (SSSR count). The number of rotatable bonds is 1. The molecule has 7 heteroatoms. The summed E-state index contributed by atoms with van der Waals surface area (Å²) in [6.07, 6.45) is 2.23. The van der Waals surface area contributed by atoms with Gasteiger partial charge >= 0.3 is 0 Å². The van der Waals surface area contributed by atoms with Crippen LogP contribution in [-0.4, -0.2) is 4.98 Å². The lowest BCUT2D eigenvalue weighted by Crippen LogP contribution is -2.03. The van der Waals surface area contributed by atoms with Crippen molar-refractivity contribution < 1.29 is 22.0 Å². The SMILES string of the molecule is Fc1c(F)c(F)c(-c2n[c]cs2)c(F)c1F. The molecule has 0 aliphatic rings. The van der Waals surface area contributed by atoms with Gasteiger partial charge in [-0.3, -0.25) is 0 Å². The first-order valence-electron chi connectivity index (χ1n) is 3.87. The number of hydrogen-bond donors (Lipinski definition) is 0. The van der Waals surface area contributed by atoms with Crippen molar-refractivity contribution in [2.24, 2.45) is 0 Å². The van der Waals surface area contributed by atoms with Crippen LogP contribution in [0.1, 0.15) is 0 Å². The molecule has 0 aliphatic heterocycles. The average molecular weight is 250 g/mol. The lowest BCUT2D eigenvalue weighted by atomic mass is 10.2. The molecule has 0 atom stereocenters. The van der Waals surface area contributed by atoms with Gasteiger partial charge in [-0.2, -0.15) is 0 Å². The molecule has 0 saturated carbocycles. The van der Waals surface area contributed by atoms with E-state index in [9.17, 15) is 22.0 Å². The van der Waals surface area contributed by atoms with Gasteiger partial charge in [-0.1, -0.05) is 0 Å². The monoisotopic (exact) mass is 250 g/mol. The normalized spacial score (nSPS) is 10.8. The zero-order chi connectivity index (χ0) is 11.9. The van der Waals surface area contributed by atoms with E-state index < -0.39 is 34.6 Å². The molecule has 0 spiro atoms. The van der Waals surface area contributed by atoms with E-state index in [0.717, 1.165) is 11.3 Å². The van der Waals surface area contributed by atoms with Gasteiger partial charge in [-0.05, 0) is 0 Å². The summed E-state index contributed by atoms with van der Waals surface area (Å²) in [5, 5.41) is 0.931. The second-order valence-corrected chi connectivity index (χ2v) is 3.58. The molecule has 0 bridgehead atoms. The van der Waals surface area contributed by atoms with E-state index in [1.165, 1.54) is 5.38 Å². The fourth-order valence-corrected chi connectivity index (χ4v) is 1.72. The Morgan fingerprint density at radius 1 is 0.875 bits per heavy atom. The highest BCUT2D eigenvalue weighted by atomic mass is 32.1. The summed E-state index contributed by atoms with van der Waals surface area (Å²) in [5.41, 5.74) is -1.03. The molecule has 0 N–H and O–H groups in total. The number of hydrogen-bond acceptors (Lipinski definition) is 2. The molecular weight excluding hydrogens is 249 g/mol. The highest BCUT2D eigenvalue weighted by Crippen LogP contribution is 2.32. The predicted molar refractivity (Wildman–Crippen MR) is 46.2 cm³/mol.